The fraction of sp³-hybridized carbons (Fsp3) is 0.500. The number of aryl methyl sites for hydroxylation is 1. The van der Waals surface area contributed by atoms with E-state index < -0.39 is 0 Å². The zero-order valence-corrected chi connectivity index (χ0v) is 12.5. The van der Waals surface area contributed by atoms with Crippen molar-refractivity contribution in [3.05, 3.63) is 30.0 Å². The third-order valence-corrected chi connectivity index (χ3v) is 4.65. The third-order valence-electron chi connectivity index (χ3n) is 4.65. The number of methoxy groups -OCH3 is 1. The second-order valence-electron chi connectivity index (χ2n) is 6.16. The molecule has 1 fully saturated rings. The summed E-state index contributed by atoms with van der Waals surface area (Å²) in [7, 11) is 1.78. The van der Waals surface area contributed by atoms with Gasteiger partial charge in [0.15, 0.2) is 5.82 Å². The number of hydrogen-bond donors (Lipinski definition) is 1. The average Bonchev–Trinajstić information content (AvgIpc) is 2.45. The summed E-state index contributed by atoms with van der Waals surface area (Å²) >= 11 is 0. The van der Waals surface area contributed by atoms with Crippen LogP contribution in [0, 0.1) is 12.3 Å². The molecular formula is C16H21N3O. The molecule has 0 spiro atoms. The van der Waals surface area contributed by atoms with Gasteiger partial charge in [0.05, 0.1) is 11.8 Å². The van der Waals surface area contributed by atoms with Crippen LogP contribution in [0.5, 0.6) is 0 Å². The Labute approximate surface area is 119 Å². The lowest BCUT2D eigenvalue weighted by Crippen LogP contribution is -2.57. The van der Waals surface area contributed by atoms with E-state index in [1.54, 1.807) is 7.11 Å². The molecule has 0 radical (unpaired) electrons. The lowest BCUT2D eigenvalue weighted by Gasteiger charge is -2.51. The van der Waals surface area contributed by atoms with Gasteiger partial charge in [-0.2, -0.15) is 5.10 Å². The van der Waals surface area contributed by atoms with Crippen LogP contribution in [0.1, 0.15) is 26.0 Å². The van der Waals surface area contributed by atoms with Gasteiger partial charge in [-0.3, -0.25) is 0 Å². The van der Waals surface area contributed by atoms with E-state index in [0.29, 0.717) is 12.1 Å². The maximum Gasteiger partial charge on any atom is 0.156 e. The van der Waals surface area contributed by atoms with Crippen molar-refractivity contribution in [1.29, 1.82) is 0 Å². The minimum Gasteiger partial charge on any atom is -0.381 e. The topological polar surface area (TPSA) is 47.0 Å². The van der Waals surface area contributed by atoms with Gasteiger partial charge in [-0.15, -0.1) is 5.10 Å². The standard InChI is InChI=1S/C16H21N3O/c1-10-11-7-5-6-8-12(11)15(19-18-10)17-13-9-14(20-4)16(13,2)3/h5-8,13-14H,9H2,1-4H3,(H,17,19). The van der Waals surface area contributed by atoms with Gasteiger partial charge in [-0.05, 0) is 13.3 Å². The van der Waals surface area contributed by atoms with E-state index in [2.05, 4.69) is 41.5 Å². The molecule has 2 unspecified atom stereocenters. The Hall–Kier alpha value is -1.68. The number of anilines is 1. The minimum absolute atomic E-state index is 0.114. The molecule has 0 amide bonds. The number of nitrogens with zero attached hydrogens (tertiary/aromatic N) is 2. The molecule has 0 bridgehead atoms. The molecular weight excluding hydrogens is 250 g/mol. The van der Waals surface area contributed by atoms with E-state index in [1.807, 2.05) is 19.1 Å². The molecule has 3 rings (SSSR count). The molecule has 0 aliphatic heterocycles. The van der Waals surface area contributed by atoms with E-state index >= 15 is 0 Å². The van der Waals surface area contributed by atoms with E-state index in [1.165, 1.54) is 0 Å². The van der Waals surface area contributed by atoms with Crippen LogP contribution in [0.2, 0.25) is 0 Å². The predicted molar refractivity (Wildman–Crippen MR) is 80.9 cm³/mol. The number of ether oxygens (including phenoxy) is 1. The average molecular weight is 271 g/mol. The lowest BCUT2D eigenvalue weighted by atomic mass is 9.64. The molecule has 4 nitrogen and oxygen atoms in total. The van der Waals surface area contributed by atoms with Crippen LogP contribution in [0.4, 0.5) is 5.82 Å². The van der Waals surface area contributed by atoms with E-state index in [-0.39, 0.29) is 5.41 Å². The molecule has 0 saturated heterocycles. The minimum atomic E-state index is 0.114. The van der Waals surface area contributed by atoms with Crippen molar-refractivity contribution in [2.45, 2.75) is 39.3 Å². The van der Waals surface area contributed by atoms with Crippen molar-refractivity contribution in [3.8, 4) is 0 Å². The van der Waals surface area contributed by atoms with Crippen molar-refractivity contribution < 1.29 is 4.74 Å². The highest BCUT2D eigenvalue weighted by molar-refractivity contribution is 5.93. The quantitative estimate of drug-likeness (QED) is 0.931. The van der Waals surface area contributed by atoms with Gasteiger partial charge in [0, 0.05) is 29.3 Å². The Balaban J connectivity index is 1.91. The van der Waals surface area contributed by atoms with Crippen LogP contribution < -0.4 is 5.32 Å². The Bertz CT molecular complexity index is 639. The molecule has 1 heterocycles. The summed E-state index contributed by atoms with van der Waals surface area (Å²) < 4.78 is 5.50. The van der Waals surface area contributed by atoms with Gasteiger partial charge >= 0.3 is 0 Å². The molecule has 1 aliphatic carbocycles. The van der Waals surface area contributed by atoms with Crippen LogP contribution in [0.3, 0.4) is 0 Å². The summed E-state index contributed by atoms with van der Waals surface area (Å²) in [4.78, 5) is 0. The van der Waals surface area contributed by atoms with Crippen LogP contribution >= 0.6 is 0 Å². The predicted octanol–water partition coefficient (Wildman–Crippen LogP) is 3.16. The van der Waals surface area contributed by atoms with Crippen molar-refractivity contribution in [2.24, 2.45) is 5.41 Å². The molecule has 1 saturated carbocycles. The maximum atomic E-state index is 5.50. The zero-order valence-electron chi connectivity index (χ0n) is 12.5. The van der Waals surface area contributed by atoms with E-state index in [4.69, 9.17) is 4.74 Å². The second-order valence-corrected chi connectivity index (χ2v) is 6.16. The van der Waals surface area contributed by atoms with Crippen molar-refractivity contribution in [2.75, 3.05) is 12.4 Å². The van der Waals surface area contributed by atoms with Crippen LogP contribution in [-0.2, 0) is 4.74 Å². The summed E-state index contributed by atoms with van der Waals surface area (Å²) in [6.07, 6.45) is 1.32. The Morgan fingerprint density at radius 3 is 2.55 bits per heavy atom. The number of rotatable bonds is 3. The highest BCUT2D eigenvalue weighted by Gasteiger charge is 2.48. The monoisotopic (exact) mass is 271 g/mol. The van der Waals surface area contributed by atoms with Crippen LogP contribution in [0.25, 0.3) is 10.8 Å². The lowest BCUT2D eigenvalue weighted by molar-refractivity contribution is -0.0795. The fourth-order valence-corrected chi connectivity index (χ4v) is 3.04. The summed E-state index contributed by atoms with van der Waals surface area (Å²) in [6.45, 7) is 6.45. The van der Waals surface area contributed by atoms with E-state index in [9.17, 15) is 0 Å². The first-order chi connectivity index (χ1) is 9.54. The van der Waals surface area contributed by atoms with Crippen molar-refractivity contribution in [3.63, 3.8) is 0 Å². The maximum absolute atomic E-state index is 5.50. The molecule has 1 aromatic heterocycles. The Kier molecular flexibility index (Phi) is 3.13. The molecule has 1 N–H and O–H groups in total. The molecule has 2 aromatic rings. The normalized spacial score (nSPS) is 24.4. The Morgan fingerprint density at radius 2 is 1.90 bits per heavy atom. The van der Waals surface area contributed by atoms with Gasteiger partial charge in [-0.25, -0.2) is 0 Å². The SMILES string of the molecule is COC1CC(Nc2nnc(C)c3ccccc23)C1(C)C. The summed E-state index contributed by atoms with van der Waals surface area (Å²) in [5, 5.41) is 14.4. The summed E-state index contributed by atoms with van der Waals surface area (Å²) in [5.41, 5.74) is 1.08. The molecule has 20 heavy (non-hydrogen) atoms. The van der Waals surface area contributed by atoms with Crippen LogP contribution in [-0.4, -0.2) is 29.5 Å². The highest BCUT2D eigenvalue weighted by atomic mass is 16.5. The van der Waals surface area contributed by atoms with Gasteiger partial charge in [0.25, 0.3) is 0 Å². The molecule has 1 aromatic carbocycles. The summed E-state index contributed by atoms with van der Waals surface area (Å²) in [5.74, 6) is 0.874. The third kappa shape index (κ3) is 1.95. The summed E-state index contributed by atoms with van der Waals surface area (Å²) in [6, 6.07) is 8.63. The smallest absolute Gasteiger partial charge is 0.156 e. The largest absolute Gasteiger partial charge is 0.381 e. The first-order valence-corrected chi connectivity index (χ1v) is 7.05. The molecule has 2 atom stereocenters. The number of hydrogen-bond acceptors (Lipinski definition) is 4. The van der Waals surface area contributed by atoms with Crippen LogP contribution in [0.15, 0.2) is 24.3 Å². The first kappa shape index (κ1) is 13.3. The second kappa shape index (κ2) is 4.70. The first-order valence-electron chi connectivity index (χ1n) is 7.05. The van der Waals surface area contributed by atoms with Crippen molar-refractivity contribution >= 4 is 16.6 Å². The highest BCUT2D eigenvalue weighted by Crippen LogP contribution is 2.44. The van der Waals surface area contributed by atoms with Gasteiger partial charge in [-0.1, -0.05) is 38.1 Å². The number of benzene rings is 1. The van der Waals surface area contributed by atoms with Gasteiger partial charge in [0.2, 0.25) is 0 Å². The van der Waals surface area contributed by atoms with Crippen molar-refractivity contribution in [1.82, 2.24) is 10.2 Å². The number of nitrogens with one attached hydrogen (secondary N) is 1. The van der Waals surface area contributed by atoms with Gasteiger partial charge in [0.1, 0.15) is 0 Å². The fourth-order valence-electron chi connectivity index (χ4n) is 3.04. The Morgan fingerprint density at radius 1 is 1.20 bits per heavy atom. The number of aromatic nitrogens is 2. The molecule has 1 aliphatic rings. The molecule has 106 valence electrons. The van der Waals surface area contributed by atoms with E-state index in [0.717, 1.165) is 28.7 Å². The number of fused-ring (bicyclic) bond motifs is 1. The molecule has 4 heteroatoms. The zero-order chi connectivity index (χ0) is 14.3. The van der Waals surface area contributed by atoms with Gasteiger partial charge < -0.3 is 10.1 Å².